The standard InChI is InChI=1S/C15H32N2/c1-7-15(6,8-2)13-16-9-11-17(12-10-16)14(3,4)5/h7-13H2,1-6H3. The summed E-state index contributed by atoms with van der Waals surface area (Å²) in [5.74, 6) is 0. The Labute approximate surface area is 108 Å². The second-order valence-corrected chi connectivity index (χ2v) is 6.95. The third-order valence-corrected chi connectivity index (χ3v) is 4.63. The van der Waals surface area contributed by atoms with E-state index in [-0.39, 0.29) is 0 Å². The summed E-state index contributed by atoms with van der Waals surface area (Å²) in [5.41, 5.74) is 0.856. The molecule has 1 fully saturated rings. The lowest BCUT2D eigenvalue weighted by Crippen LogP contribution is -2.54. The minimum atomic E-state index is 0.338. The molecule has 102 valence electrons. The summed E-state index contributed by atoms with van der Waals surface area (Å²) in [6.07, 6.45) is 2.59. The van der Waals surface area contributed by atoms with Crippen molar-refractivity contribution in [3.8, 4) is 0 Å². The Hall–Kier alpha value is -0.0800. The van der Waals surface area contributed by atoms with Gasteiger partial charge in [0.15, 0.2) is 0 Å². The summed E-state index contributed by atoms with van der Waals surface area (Å²) >= 11 is 0. The minimum absolute atomic E-state index is 0.338. The van der Waals surface area contributed by atoms with Crippen molar-refractivity contribution in [2.45, 2.75) is 59.9 Å². The van der Waals surface area contributed by atoms with Crippen molar-refractivity contribution in [3.05, 3.63) is 0 Å². The van der Waals surface area contributed by atoms with Gasteiger partial charge in [-0.1, -0.05) is 20.8 Å². The van der Waals surface area contributed by atoms with Gasteiger partial charge in [0.1, 0.15) is 0 Å². The van der Waals surface area contributed by atoms with Crippen molar-refractivity contribution >= 4 is 0 Å². The van der Waals surface area contributed by atoms with Crippen LogP contribution in [0, 0.1) is 5.41 Å². The van der Waals surface area contributed by atoms with Crippen molar-refractivity contribution in [1.82, 2.24) is 9.80 Å². The smallest absolute Gasteiger partial charge is 0.0126 e. The summed E-state index contributed by atoms with van der Waals surface area (Å²) in [6, 6.07) is 0. The predicted octanol–water partition coefficient (Wildman–Crippen LogP) is 3.23. The highest BCUT2D eigenvalue weighted by Gasteiger charge is 2.29. The molecule has 2 nitrogen and oxygen atoms in total. The largest absolute Gasteiger partial charge is 0.300 e. The van der Waals surface area contributed by atoms with Crippen LogP contribution in [0.4, 0.5) is 0 Å². The van der Waals surface area contributed by atoms with Gasteiger partial charge in [0.05, 0.1) is 0 Å². The Morgan fingerprint density at radius 1 is 0.824 bits per heavy atom. The van der Waals surface area contributed by atoms with Crippen LogP contribution in [0.15, 0.2) is 0 Å². The van der Waals surface area contributed by atoms with Crippen LogP contribution in [-0.2, 0) is 0 Å². The van der Waals surface area contributed by atoms with Crippen LogP contribution in [0.1, 0.15) is 54.4 Å². The van der Waals surface area contributed by atoms with E-state index >= 15 is 0 Å². The van der Waals surface area contributed by atoms with Crippen LogP contribution in [0.25, 0.3) is 0 Å². The van der Waals surface area contributed by atoms with E-state index in [1.54, 1.807) is 0 Å². The molecule has 0 aliphatic carbocycles. The van der Waals surface area contributed by atoms with Crippen LogP contribution in [0.5, 0.6) is 0 Å². The van der Waals surface area contributed by atoms with Gasteiger partial charge in [0, 0.05) is 38.3 Å². The first-order chi connectivity index (χ1) is 7.80. The molecule has 2 heteroatoms. The Kier molecular flexibility index (Phi) is 5.03. The average Bonchev–Trinajstić information content (AvgIpc) is 2.28. The highest BCUT2D eigenvalue weighted by atomic mass is 15.3. The van der Waals surface area contributed by atoms with Crippen molar-refractivity contribution in [2.24, 2.45) is 5.41 Å². The molecule has 1 saturated heterocycles. The normalized spacial score (nSPS) is 20.8. The quantitative estimate of drug-likeness (QED) is 0.744. The lowest BCUT2D eigenvalue weighted by atomic mass is 9.84. The van der Waals surface area contributed by atoms with Crippen LogP contribution in [0.2, 0.25) is 0 Å². The summed E-state index contributed by atoms with van der Waals surface area (Å²) in [4.78, 5) is 5.27. The number of hydrogen-bond donors (Lipinski definition) is 0. The van der Waals surface area contributed by atoms with E-state index in [2.05, 4.69) is 51.3 Å². The fraction of sp³-hybridized carbons (Fsp3) is 1.00. The van der Waals surface area contributed by atoms with Crippen LogP contribution < -0.4 is 0 Å². The maximum Gasteiger partial charge on any atom is 0.0126 e. The number of rotatable bonds is 4. The topological polar surface area (TPSA) is 6.48 Å². The minimum Gasteiger partial charge on any atom is -0.300 e. The summed E-state index contributed by atoms with van der Waals surface area (Å²) < 4.78 is 0. The second-order valence-electron chi connectivity index (χ2n) is 6.95. The zero-order valence-corrected chi connectivity index (χ0v) is 12.8. The van der Waals surface area contributed by atoms with Gasteiger partial charge >= 0.3 is 0 Å². The molecule has 0 atom stereocenters. The van der Waals surface area contributed by atoms with Gasteiger partial charge < -0.3 is 4.90 Å². The van der Waals surface area contributed by atoms with Gasteiger partial charge in [-0.3, -0.25) is 4.90 Å². The molecular weight excluding hydrogens is 208 g/mol. The number of hydrogen-bond acceptors (Lipinski definition) is 2. The molecule has 0 unspecified atom stereocenters. The molecule has 0 bridgehead atoms. The van der Waals surface area contributed by atoms with Crippen LogP contribution in [0.3, 0.4) is 0 Å². The molecule has 0 aromatic rings. The molecule has 0 saturated carbocycles. The molecule has 1 rings (SSSR count). The molecule has 0 spiro atoms. The van der Waals surface area contributed by atoms with E-state index in [0.29, 0.717) is 11.0 Å². The van der Waals surface area contributed by atoms with Gasteiger partial charge in [0.2, 0.25) is 0 Å². The molecule has 1 aliphatic heterocycles. The highest BCUT2D eigenvalue weighted by molar-refractivity contribution is 4.84. The van der Waals surface area contributed by atoms with Gasteiger partial charge in [-0.2, -0.15) is 0 Å². The lowest BCUT2D eigenvalue weighted by Gasteiger charge is -2.44. The Morgan fingerprint density at radius 3 is 1.65 bits per heavy atom. The van der Waals surface area contributed by atoms with Gasteiger partial charge in [-0.15, -0.1) is 0 Å². The molecule has 1 aliphatic rings. The fourth-order valence-electron chi connectivity index (χ4n) is 2.59. The van der Waals surface area contributed by atoms with Gasteiger partial charge in [0.25, 0.3) is 0 Å². The molecule has 0 aromatic carbocycles. The number of piperazine rings is 1. The Morgan fingerprint density at radius 2 is 1.29 bits per heavy atom. The van der Waals surface area contributed by atoms with E-state index in [9.17, 15) is 0 Å². The average molecular weight is 240 g/mol. The SMILES string of the molecule is CCC(C)(CC)CN1CCN(C(C)(C)C)CC1. The zero-order chi connectivity index (χ0) is 13.1. The Balaban J connectivity index is 2.42. The van der Waals surface area contributed by atoms with Crippen molar-refractivity contribution in [1.29, 1.82) is 0 Å². The molecule has 0 N–H and O–H groups in total. The van der Waals surface area contributed by atoms with E-state index in [1.165, 1.54) is 45.6 Å². The first-order valence-corrected chi connectivity index (χ1v) is 7.28. The van der Waals surface area contributed by atoms with E-state index in [4.69, 9.17) is 0 Å². The second kappa shape index (κ2) is 5.71. The van der Waals surface area contributed by atoms with Crippen molar-refractivity contribution < 1.29 is 0 Å². The summed E-state index contributed by atoms with van der Waals surface area (Å²) in [7, 11) is 0. The van der Waals surface area contributed by atoms with E-state index in [0.717, 1.165) is 0 Å². The third-order valence-electron chi connectivity index (χ3n) is 4.63. The van der Waals surface area contributed by atoms with Gasteiger partial charge in [-0.05, 0) is 39.0 Å². The van der Waals surface area contributed by atoms with E-state index < -0.39 is 0 Å². The molecule has 1 heterocycles. The first-order valence-electron chi connectivity index (χ1n) is 7.28. The molecular formula is C15H32N2. The van der Waals surface area contributed by atoms with E-state index in [1.807, 2.05) is 0 Å². The summed E-state index contributed by atoms with van der Waals surface area (Å²) in [5, 5.41) is 0. The molecule has 0 amide bonds. The predicted molar refractivity (Wildman–Crippen MR) is 76.5 cm³/mol. The Bertz CT molecular complexity index is 218. The molecule has 17 heavy (non-hydrogen) atoms. The molecule has 0 aromatic heterocycles. The van der Waals surface area contributed by atoms with Crippen LogP contribution >= 0.6 is 0 Å². The maximum atomic E-state index is 2.66. The lowest BCUT2D eigenvalue weighted by molar-refractivity contribution is 0.0408. The van der Waals surface area contributed by atoms with Crippen molar-refractivity contribution in [2.75, 3.05) is 32.7 Å². The highest BCUT2D eigenvalue weighted by Crippen LogP contribution is 2.27. The van der Waals surface area contributed by atoms with Crippen LogP contribution in [-0.4, -0.2) is 48.1 Å². The zero-order valence-electron chi connectivity index (χ0n) is 12.8. The number of nitrogens with zero attached hydrogens (tertiary/aromatic N) is 2. The van der Waals surface area contributed by atoms with Crippen molar-refractivity contribution in [3.63, 3.8) is 0 Å². The fourth-order valence-corrected chi connectivity index (χ4v) is 2.59. The maximum absolute atomic E-state index is 2.66. The van der Waals surface area contributed by atoms with Gasteiger partial charge in [-0.25, -0.2) is 0 Å². The molecule has 0 radical (unpaired) electrons. The monoisotopic (exact) mass is 240 g/mol. The first kappa shape index (κ1) is 15.0. The summed E-state index contributed by atoms with van der Waals surface area (Å²) in [6.45, 7) is 20.3. The third kappa shape index (κ3) is 4.26.